The summed E-state index contributed by atoms with van der Waals surface area (Å²) in [7, 11) is 0. The van der Waals surface area contributed by atoms with E-state index in [1.807, 2.05) is 44.2 Å². The van der Waals surface area contributed by atoms with Crippen molar-refractivity contribution in [1.29, 1.82) is 0 Å². The number of nitrogens with two attached hydrogens (primary N) is 1. The molecule has 94 valence electrons. The van der Waals surface area contributed by atoms with Crippen molar-refractivity contribution in [3.05, 3.63) is 51.5 Å². The monoisotopic (exact) mass is 280 g/mol. The molecule has 0 radical (unpaired) electrons. The number of nitrogen functional groups attached to an aromatic ring is 1. The van der Waals surface area contributed by atoms with E-state index in [4.69, 9.17) is 28.9 Å². The Kier molecular flexibility index (Phi) is 3.69. The summed E-state index contributed by atoms with van der Waals surface area (Å²) in [6.45, 7) is 3.98. The van der Waals surface area contributed by atoms with Gasteiger partial charge in [0.25, 0.3) is 0 Å². The third kappa shape index (κ3) is 2.71. The molecule has 0 fully saturated rings. The fourth-order valence-electron chi connectivity index (χ4n) is 1.76. The Labute approximate surface area is 117 Å². The van der Waals surface area contributed by atoms with Gasteiger partial charge in [0.2, 0.25) is 0 Å². The Morgan fingerprint density at radius 3 is 2.44 bits per heavy atom. The molecule has 0 saturated carbocycles. The van der Waals surface area contributed by atoms with Crippen LogP contribution in [0.15, 0.2) is 30.3 Å². The summed E-state index contributed by atoms with van der Waals surface area (Å²) in [6, 6.07) is 9.48. The van der Waals surface area contributed by atoms with Gasteiger partial charge in [-0.1, -0.05) is 29.3 Å². The highest BCUT2D eigenvalue weighted by molar-refractivity contribution is 6.36. The molecule has 18 heavy (non-hydrogen) atoms. The van der Waals surface area contributed by atoms with Crippen LogP contribution >= 0.6 is 23.2 Å². The number of halogens is 2. The van der Waals surface area contributed by atoms with Crippen LogP contribution in [-0.2, 0) is 0 Å². The van der Waals surface area contributed by atoms with Crippen molar-refractivity contribution in [2.75, 3.05) is 11.1 Å². The molecule has 0 aliphatic heterocycles. The predicted molar refractivity (Wildman–Crippen MR) is 80.1 cm³/mol. The van der Waals surface area contributed by atoms with E-state index in [1.165, 1.54) is 0 Å². The van der Waals surface area contributed by atoms with Gasteiger partial charge < -0.3 is 11.1 Å². The second kappa shape index (κ2) is 5.09. The Hall–Kier alpha value is -1.38. The number of benzene rings is 2. The van der Waals surface area contributed by atoms with Crippen molar-refractivity contribution < 1.29 is 0 Å². The third-order valence-corrected chi connectivity index (χ3v) is 3.37. The second-order valence-corrected chi connectivity index (χ2v) is 5.11. The first-order valence-corrected chi connectivity index (χ1v) is 6.32. The van der Waals surface area contributed by atoms with E-state index in [2.05, 4.69) is 5.32 Å². The SMILES string of the molecule is Cc1cc(N)c(Cl)c(Nc2cc(Cl)ccc2C)c1. The van der Waals surface area contributed by atoms with Gasteiger partial charge in [-0.2, -0.15) is 0 Å². The number of aryl methyl sites for hydroxylation is 2. The van der Waals surface area contributed by atoms with Gasteiger partial charge in [-0.05, 0) is 49.2 Å². The highest BCUT2D eigenvalue weighted by atomic mass is 35.5. The second-order valence-electron chi connectivity index (χ2n) is 4.30. The van der Waals surface area contributed by atoms with Gasteiger partial charge in [0, 0.05) is 10.7 Å². The smallest absolute Gasteiger partial charge is 0.0870 e. The standard InChI is InChI=1S/C14H14Cl2N2/c1-8-5-11(17)14(16)13(6-8)18-12-7-10(15)4-3-9(12)2/h3-7,18H,17H2,1-2H3. The van der Waals surface area contributed by atoms with Crippen LogP contribution in [0.4, 0.5) is 17.1 Å². The summed E-state index contributed by atoms with van der Waals surface area (Å²) in [6.07, 6.45) is 0. The predicted octanol–water partition coefficient (Wildman–Crippen LogP) is 4.94. The van der Waals surface area contributed by atoms with Gasteiger partial charge in [-0.15, -0.1) is 0 Å². The van der Waals surface area contributed by atoms with E-state index in [1.54, 1.807) is 0 Å². The first-order chi connectivity index (χ1) is 8.47. The average Bonchev–Trinajstić information content (AvgIpc) is 2.30. The molecule has 0 aromatic heterocycles. The van der Waals surface area contributed by atoms with E-state index in [-0.39, 0.29) is 0 Å². The van der Waals surface area contributed by atoms with Crippen molar-refractivity contribution in [3.63, 3.8) is 0 Å². The number of anilines is 3. The molecule has 0 atom stereocenters. The Bertz CT molecular complexity index is 595. The van der Waals surface area contributed by atoms with E-state index < -0.39 is 0 Å². The number of nitrogens with one attached hydrogen (secondary N) is 1. The minimum atomic E-state index is 0.528. The van der Waals surface area contributed by atoms with Gasteiger partial charge in [-0.3, -0.25) is 0 Å². The first kappa shape index (κ1) is 13.1. The van der Waals surface area contributed by atoms with Crippen molar-refractivity contribution in [1.82, 2.24) is 0 Å². The number of hydrogen-bond donors (Lipinski definition) is 2. The van der Waals surface area contributed by atoms with E-state index >= 15 is 0 Å². The molecule has 0 saturated heterocycles. The minimum absolute atomic E-state index is 0.528. The summed E-state index contributed by atoms with van der Waals surface area (Å²) >= 11 is 12.2. The molecule has 2 aromatic carbocycles. The maximum atomic E-state index is 6.19. The molecule has 2 aromatic rings. The zero-order valence-electron chi connectivity index (χ0n) is 10.2. The summed E-state index contributed by atoms with van der Waals surface area (Å²) < 4.78 is 0. The molecular formula is C14H14Cl2N2. The molecule has 0 heterocycles. The summed E-state index contributed by atoms with van der Waals surface area (Å²) in [5, 5.41) is 4.47. The topological polar surface area (TPSA) is 38.0 Å². The normalized spacial score (nSPS) is 10.4. The zero-order chi connectivity index (χ0) is 13.3. The zero-order valence-corrected chi connectivity index (χ0v) is 11.7. The Balaban J connectivity index is 2.43. The summed E-state index contributed by atoms with van der Waals surface area (Å²) in [4.78, 5) is 0. The maximum Gasteiger partial charge on any atom is 0.0870 e. The summed E-state index contributed by atoms with van der Waals surface area (Å²) in [5.74, 6) is 0. The van der Waals surface area contributed by atoms with Gasteiger partial charge in [0.15, 0.2) is 0 Å². The van der Waals surface area contributed by atoms with Gasteiger partial charge in [-0.25, -0.2) is 0 Å². The van der Waals surface area contributed by atoms with Crippen LogP contribution in [0.2, 0.25) is 10.0 Å². The lowest BCUT2D eigenvalue weighted by Gasteiger charge is -2.13. The van der Waals surface area contributed by atoms with Crippen LogP contribution in [0.1, 0.15) is 11.1 Å². The maximum absolute atomic E-state index is 6.19. The minimum Gasteiger partial charge on any atom is -0.397 e. The van der Waals surface area contributed by atoms with Crippen LogP contribution in [-0.4, -0.2) is 0 Å². The average molecular weight is 281 g/mol. The lowest BCUT2D eigenvalue weighted by molar-refractivity contribution is 1.41. The quantitative estimate of drug-likeness (QED) is 0.765. The van der Waals surface area contributed by atoms with Crippen LogP contribution in [0.5, 0.6) is 0 Å². The first-order valence-electron chi connectivity index (χ1n) is 5.56. The molecule has 0 unspecified atom stereocenters. The molecule has 2 rings (SSSR count). The Morgan fingerprint density at radius 2 is 1.72 bits per heavy atom. The van der Waals surface area contributed by atoms with Crippen LogP contribution in [0.25, 0.3) is 0 Å². The van der Waals surface area contributed by atoms with Crippen molar-refractivity contribution in [2.45, 2.75) is 13.8 Å². The van der Waals surface area contributed by atoms with Crippen molar-refractivity contribution in [2.24, 2.45) is 0 Å². The molecule has 0 bridgehead atoms. The summed E-state index contributed by atoms with van der Waals surface area (Å²) in [5.41, 5.74) is 10.3. The molecule has 4 heteroatoms. The van der Waals surface area contributed by atoms with Crippen molar-refractivity contribution in [3.8, 4) is 0 Å². The van der Waals surface area contributed by atoms with E-state index in [9.17, 15) is 0 Å². The highest BCUT2D eigenvalue weighted by Crippen LogP contribution is 2.33. The molecule has 0 spiro atoms. The van der Waals surface area contributed by atoms with Crippen LogP contribution in [0, 0.1) is 13.8 Å². The molecule has 0 aliphatic rings. The molecular weight excluding hydrogens is 267 g/mol. The fraction of sp³-hybridized carbons (Fsp3) is 0.143. The number of rotatable bonds is 2. The largest absolute Gasteiger partial charge is 0.397 e. The Morgan fingerprint density at radius 1 is 1.00 bits per heavy atom. The van der Waals surface area contributed by atoms with Crippen LogP contribution < -0.4 is 11.1 Å². The van der Waals surface area contributed by atoms with Crippen LogP contribution in [0.3, 0.4) is 0 Å². The van der Waals surface area contributed by atoms with Gasteiger partial charge in [0.1, 0.15) is 0 Å². The molecule has 0 aliphatic carbocycles. The van der Waals surface area contributed by atoms with E-state index in [0.717, 1.165) is 22.5 Å². The van der Waals surface area contributed by atoms with Crippen molar-refractivity contribution >= 4 is 40.3 Å². The number of hydrogen-bond acceptors (Lipinski definition) is 2. The van der Waals surface area contributed by atoms with Gasteiger partial charge in [0.05, 0.1) is 16.4 Å². The molecule has 3 N–H and O–H groups in total. The molecule has 2 nitrogen and oxygen atoms in total. The molecule has 0 amide bonds. The lowest BCUT2D eigenvalue weighted by Crippen LogP contribution is -1.97. The lowest BCUT2D eigenvalue weighted by atomic mass is 10.1. The third-order valence-electron chi connectivity index (χ3n) is 2.71. The fourth-order valence-corrected chi connectivity index (χ4v) is 2.09. The van der Waals surface area contributed by atoms with Gasteiger partial charge >= 0.3 is 0 Å². The van der Waals surface area contributed by atoms with E-state index in [0.29, 0.717) is 15.7 Å². The highest BCUT2D eigenvalue weighted by Gasteiger charge is 2.07.